The van der Waals surface area contributed by atoms with Crippen molar-refractivity contribution in [3.05, 3.63) is 58.9 Å². The normalized spacial score (nSPS) is 15.2. The van der Waals surface area contributed by atoms with Crippen molar-refractivity contribution in [1.82, 2.24) is 15.3 Å². The molecule has 1 aliphatic heterocycles. The summed E-state index contributed by atoms with van der Waals surface area (Å²) in [5.41, 5.74) is 5.38. The first-order valence-electron chi connectivity index (χ1n) is 9.82. The lowest BCUT2D eigenvalue weighted by Crippen LogP contribution is -2.32. The van der Waals surface area contributed by atoms with Crippen LogP contribution in [0.2, 0.25) is 0 Å². The van der Waals surface area contributed by atoms with Crippen LogP contribution in [-0.2, 0) is 26.8 Å². The fraction of sp³-hybridized carbons (Fsp3) is 0.348. The molecule has 29 heavy (non-hydrogen) atoms. The lowest BCUT2D eigenvalue weighted by atomic mass is 9.84. The Morgan fingerprint density at radius 2 is 1.97 bits per heavy atom. The summed E-state index contributed by atoms with van der Waals surface area (Å²) in [6, 6.07) is 12.3. The Balaban J connectivity index is 1.61. The molecule has 1 aromatic heterocycles. The predicted molar refractivity (Wildman–Crippen MR) is 114 cm³/mol. The zero-order chi connectivity index (χ0) is 20.8. The van der Waals surface area contributed by atoms with E-state index in [1.54, 1.807) is 0 Å². The number of amides is 2. The first kappa shape index (κ1) is 19.2. The molecule has 2 amide bonds. The van der Waals surface area contributed by atoms with Gasteiger partial charge in [0.15, 0.2) is 0 Å². The van der Waals surface area contributed by atoms with Crippen molar-refractivity contribution in [2.75, 3.05) is 11.9 Å². The Hall–Kier alpha value is -3.15. The van der Waals surface area contributed by atoms with Gasteiger partial charge >= 0.3 is 0 Å². The number of fused-ring (bicyclic) bond motifs is 2. The van der Waals surface area contributed by atoms with Crippen molar-refractivity contribution in [2.24, 2.45) is 0 Å². The Bertz CT molecular complexity index is 1110. The van der Waals surface area contributed by atoms with Crippen LogP contribution < -0.4 is 10.6 Å². The van der Waals surface area contributed by atoms with E-state index in [0.29, 0.717) is 13.0 Å². The number of benzene rings is 2. The van der Waals surface area contributed by atoms with E-state index in [4.69, 9.17) is 4.98 Å². The van der Waals surface area contributed by atoms with E-state index in [0.717, 1.165) is 45.6 Å². The van der Waals surface area contributed by atoms with Crippen molar-refractivity contribution >= 4 is 29.0 Å². The molecule has 0 radical (unpaired) electrons. The second-order valence-corrected chi connectivity index (χ2v) is 8.93. The smallest absolute Gasteiger partial charge is 0.234 e. The van der Waals surface area contributed by atoms with Crippen LogP contribution in [-0.4, -0.2) is 28.8 Å². The zero-order valence-electron chi connectivity index (χ0n) is 17.2. The van der Waals surface area contributed by atoms with Gasteiger partial charge in [-0.15, -0.1) is 0 Å². The van der Waals surface area contributed by atoms with E-state index in [2.05, 4.69) is 47.7 Å². The molecule has 2 aromatic carbocycles. The van der Waals surface area contributed by atoms with Gasteiger partial charge in [-0.05, 0) is 48.7 Å². The van der Waals surface area contributed by atoms with Gasteiger partial charge in [0.1, 0.15) is 5.82 Å². The number of imidazole rings is 1. The lowest BCUT2D eigenvalue weighted by molar-refractivity contribution is -0.119. The molecule has 1 aliphatic rings. The third kappa shape index (κ3) is 3.39. The zero-order valence-corrected chi connectivity index (χ0v) is 17.2. The van der Waals surface area contributed by atoms with Gasteiger partial charge in [-0.1, -0.05) is 32.0 Å². The summed E-state index contributed by atoms with van der Waals surface area (Å²) >= 11 is 0. The van der Waals surface area contributed by atoms with E-state index in [1.807, 2.05) is 32.0 Å². The monoisotopic (exact) mass is 390 g/mol. The third-order valence-electron chi connectivity index (χ3n) is 5.88. The number of hydrogen-bond acceptors (Lipinski definition) is 3. The van der Waals surface area contributed by atoms with Gasteiger partial charge in [-0.3, -0.25) is 9.59 Å². The Morgan fingerprint density at radius 3 is 2.72 bits per heavy atom. The van der Waals surface area contributed by atoms with Crippen molar-refractivity contribution in [2.45, 2.75) is 44.9 Å². The molecule has 0 aliphatic carbocycles. The average Bonchev–Trinajstić information content (AvgIpc) is 3.17. The van der Waals surface area contributed by atoms with Crippen LogP contribution in [0.5, 0.6) is 0 Å². The van der Waals surface area contributed by atoms with Crippen LogP contribution in [0.4, 0.5) is 5.69 Å². The molecule has 0 saturated carbocycles. The SMILES string of the molecule is CC(C)(CNC=O)c1ccc2nc(Cc3ccc4c(c3)C(C)(C)C(=O)N4)[nH]c2c1. The topological polar surface area (TPSA) is 86.9 Å². The number of nitrogens with one attached hydrogen (secondary N) is 3. The molecule has 150 valence electrons. The summed E-state index contributed by atoms with van der Waals surface area (Å²) in [6.07, 6.45) is 1.40. The third-order valence-corrected chi connectivity index (χ3v) is 5.88. The van der Waals surface area contributed by atoms with Gasteiger partial charge < -0.3 is 15.6 Å². The summed E-state index contributed by atoms with van der Waals surface area (Å²) in [5.74, 6) is 0.920. The maximum absolute atomic E-state index is 12.2. The highest BCUT2D eigenvalue weighted by Crippen LogP contribution is 2.38. The van der Waals surface area contributed by atoms with Crippen molar-refractivity contribution < 1.29 is 9.59 Å². The van der Waals surface area contributed by atoms with Crippen LogP contribution in [0.1, 0.15) is 50.2 Å². The number of anilines is 1. The van der Waals surface area contributed by atoms with Crippen molar-refractivity contribution in [3.8, 4) is 0 Å². The lowest BCUT2D eigenvalue weighted by Gasteiger charge is -2.24. The molecule has 6 heteroatoms. The van der Waals surface area contributed by atoms with Crippen LogP contribution in [0, 0.1) is 0 Å². The summed E-state index contributed by atoms with van der Waals surface area (Å²) in [7, 11) is 0. The minimum absolute atomic E-state index is 0.0348. The molecule has 0 spiro atoms. The molecule has 0 unspecified atom stereocenters. The number of aromatic nitrogens is 2. The number of H-pyrrole nitrogens is 1. The molecule has 0 bridgehead atoms. The Morgan fingerprint density at radius 1 is 1.17 bits per heavy atom. The van der Waals surface area contributed by atoms with Crippen LogP contribution >= 0.6 is 0 Å². The first-order chi connectivity index (χ1) is 13.7. The van der Waals surface area contributed by atoms with Crippen LogP contribution in [0.25, 0.3) is 11.0 Å². The summed E-state index contributed by atoms with van der Waals surface area (Å²) < 4.78 is 0. The van der Waals surface area contributed by atoms with E-state index < -0.39 is 5.41 Å². The highest BCUT2D eigenvalue weighted by molar-refractivity contribution is 6.05. The minimum Gasteiger partial charge on any atom is -0.358 e. The molecular weight excluding hydrogens is 364 g/mol. The highest BCUT2D eigenvalue weighted by Gasteiger charge is 2.38. The van der Waals surface area contributed by atoms with Gasteiger partial charge in [0.25, 0.3) is 0 Å². The standard InChI is InChI=1S/C23H26N4O2/c1-22(2,12-24-13-28)15-6-8-18-19(11-15)26-20(25-18)10-14-5-7-17-16(9-14)23(3,4)21(29)27-17/h5-9,11,13H,10,12H2,1-4H3,(H,24,28)(H,25,26)(H,27,29). The van der Waals surface area contributed by atoms with Gasteiger partial charge in [0.05, 0.1) is 16.4 Å². The summed E-state index contributed by atoms with van der Waals surface area (Å²) in [5, 5.41) is 5.71. The number of rotatable bonds is 6. The maximum Gasteiger partial charge on any atom is 0.234 e. The van der Waals surface area contributed by atoms with E-state index in [9.17, 15) is 9.59 Å². The quantitative estimate of drug-likeness (QED) is 0.564. The molecule has 4 rings (SSSR count). The molecule has 6 nitrogen and oxygen atoms in total. The second-order valence-electron chi connectivity index (χ2n) is 8.93. The number of carbonyl (C=O) groups excluding carboxylic acids is 2. The molecule has 3 N–H and O–H groups in total. The molecule has 0 fully saturated rings. The highest BCUT2D eigenvalue weighted by atomic mass is 16.2. The molecular formula is C23H26N4O2. The second kappa shape index (κ2) is 6.72. The largest absolute Gasteiger partial charge is 0.358 e. The summed E-state index contributed by atoms with van der Waals surface area (Å²) in [6.45, 7) is 8.66. The molecule has 0 atom stereocenters. The fourth-order valence-electron chi connectivity index (χ4n) is 3.89. The van der Waals surface area contributed by atoms with Crippen molar-refractivity contribution in [3.63, 3.8) is 0 Å². The Labute approximate surface area is 170 Å². The average molecular weight is 390 g/mol. The van der Waals surface area contributed by atoms with Crippen LogP contribution in [0.15, 0.2) is 36.4 Å². The number of aromatic amines is 1. The van der Waals surface area contributed by atoms with Gasteiger partial charge in [-0.25, -0.2) is 4.98 Å². The number of hydrogen-bond donors (Lipinski definition) is 3. The first-order valence-corrected chi connectivity index (χ1v) is 9.82. The fourth-order valence-corrected chi connectivity index (χ4v) is 3.89. The van der Waals surface area contributed by atoms with E-state index >= 15 is 0 Å². The summed E-state index contributed by atoms with van der Waals surface area (Å²) in [4.78, 5) is 31.0. The van der Waals surface area contributed by atoms with E-state index in [-0.39, 0.29) is 11.3 Å². The predicted octanol–water partition coefficient (Wildman–Crippen LogP) is 3.41. The van der Waals surface area contributed by atoms with E-state index in [1.165, 1.54) is 0 Å². The van der Waals surface area contributed by atoms with Crippen molar-refractivity contribution in [1.29, 1.82) is 0 Å². The minimum atomic E-state index is -0.519. The molecule has 3 aromatic rings. The van der Waals surface area contributed by atoms with Crippen LogP contribution in [0.3, 0.4) is 0 Å². The number of nitrogens with zero attached hydrogens (tertiary/aromatic N) is 1. The molecule has 2 heterocycles. The van der Waals surface area contributed by atoms with Gasteiger partial charge in [-0.2, -0.15) is 0 Å². The van der Waals surface area contributed by atoms with Gasteiger partial charge in [0.2, 0.25) is 12.3 Å². The van der Waals surface area contributed by atoms with Gasteiger partial charge in [0, 0.05) is 24.1 Å². The Kier molecular flexibility index (Phi) is 4.45. The molecule has 0 saturated heterocycles. The maximum atomic E-state index is 12.2. The number of carbonyl (C=O) groups is 2.